The highest BCUT2D eigenvalue weighted by atomic mass is 16.3. The predicted octanol–water partition coefficient (Wildman–Crippen LogP) is 0.526. The van der Waals surface area contributed by atoms with Gasteiger partial charge in [-0.3, -0.25) is 0 Å². The number of aliphatic hydroxyl groups excluding tert-OH is 1. The number of nitrogens with one attached hydrogen (secondary N) is 2. The Bertz CT molecular complexity index is 235. The molecule has 0 spiro atoms. The molecule has 0 aromatic carbocycles. The Labute approximate surface area is 112 Å². The van der Waals surface area contributed by atoms with Crippen molar-refractivity contribution in [3.8, 4) is 0 Å². The summed E-state index contributed by atoms with van der Waals surface area (Å²) in [5.74, 6) is 0. The summed E-state index contributed by atoms with van der Waals surface area (Å²) >= 11 is 0. The average Bonchev–Trinajstić information content (AvgIpc) is 2.29. The van der Waals surface area contributed by atoms with Gasteiger partial charge in [-0.1, -0.05) is 27.7 Å². The third kappa shape index (κ3) is 6.14. The number of hydrogen-bond donors (Lipinski definition) is 3. The van der Waals surface area contributed by atoms with E-state index < -0.39 is 0 Å². The Balaban J connectivity index is 2.26. The van der Waals surface area contributed by atoms with Gasteiger partial charge in [0.25, 0.3) is 0 Å². The number of rotatable bonds is 7. The molecule has 0 saturated carbocycles. The second kappa shape index (κ2) is 6.85. The van der Waals surface area contributed by atoms with Gasteiger partial charge in [-0.2, -0.15) is 0 Å². The summed E-state index contributed by atoms with van der Waals surface area (Å²) in [6.07, 6.45) is 0. The molecule has 1 heterocycles. The Morgan fingerprint density at radius 2 is 1.61 bits per heavy atom. The van der Waals surface area contributed by atoms with Crippen LogP contribution in [0.2, 0.25) is 0 Å². The van der Waals surface area contributed by atoms with Gasteiger partial charge in [0.15, 0.2) is 0 Å². The van der Waals surface area contributed by atoms with Gasteiger partial charge >= 0.3 is 0 Å². The lowest BCUT2D eigenvalue weighted by Gasteiger charge is -2.36. The largest absolute Gasteiger partial charge is 0.396 e. The molecular formula is C14H31N3O. The highest BCUT2D eigenvalue weighted by molar-refractivity contribution is 4.80. The third-order valence-corrected chi connectivity index (χ3v) is 3.50. The molecule has 1 aliphatic rings. The number of aliphatic hydroxyl groups is 1. The van der Waals surface area contributed by atoms with E-state index in [0.717, 1.165) is 45.8 Å². The second-order valence-electron chi connectivity index (χ2n) is 7.12. The molecule has 0 unspecified atom stereocenters. The van der Waals surface area contributed by atoms with Crippen LogP contribution in [-0.4, -0.2) is 62.4 Å². The topological polar surface area (TPSA) is 47.5 Å². The van der Waals surface area contributed by atoms with Crippen LogP contribution >= 0.6 is 0 Å². The van der Waals surface area contributed by atoms with E-state index in [9.17, 15) is 5.11 Å². The van der Waals surface area contributed by atoms with Crippen molar-refractivity contribution in [3.05, 3.63) is 0 Å². The van der Waals surface area contributed by atoms with Crippen molar-refractivity contribution in [1.82, 2.24) is 15.5 Å². The van der Waals surface area contributed by atoms with Gasteiger partial charge in [-0.15, -0.1) is 0 Å². The molecule has 4 heteroatoms. The Morgan fingerprint density at radius 3 is 2.17 bits per heavy atom. The first-order valence-electron chi connectivity index (χ1n) is 7.09. The van der Waals surface area contributed by atoms with Crippen LogP contribution in [0.15, 0.2) is 0 Å². The maximum atomic E-state index is 9.23. The van der Waals surface area contributed by atoms with Gasteiger partial charge < -0.3 is 20.6 Å². The summed E-state index contributed by atoms with van der Waals surface area (Å²) in [4.78, 5) is 2.54. The predicted molar refractivity (Wildman–Crippen MR) is 76.8 cm³/mol. The minimum atomic E-state index is -0.0227. The lowest BCUT2D eigenvalue weighted by molar-refractivity contribution is 0.136. The van der Waals surface area contributed by atoms with E-state index in [2.05, 4.69) is 43.2 Å². The Morgan fingerprint density at radius 1 is 1.06 bits per heavy atom. The van der Waals surface area contributed by atoms with Crippen LogP contribution in [0.3, 0.4) is 0 Å². The monoisotopic (exact) mass is 257 g/mol. The van der Waals surface area contributed by atoms with E-state index in [4.69, 9.17) is 0 Å². The van der Waals surface area contributed by atoms with E-state index in [1.165, 1.54) is 0 Å². The van der Waals surface area contributed by atoms with Crippen LogP contribution in [0, 0.1) is 10.8 Å². The van der Waals surface area contributed by atoms with Crippen LogP contribution in [0.4, 0.5) is 0 Å². The van der Waals surface area contributed by atoms with Crippen molar-refractivity contribution in [2.24, 2.45) is 10.8 Å². The lowest BCUT2D eigenvalue weighted by atomic mass is 9.90. The number of piperazine rings is 1. The molecule has 0 bridgehead atoms. The van der Waals surface area contributed by atoms with Crippen molar-refractivity contribution in [2.75, 3.05) is 52.4 Å². The molecular weight excluding hydrogens is 226 g/mol. The van der Waals surface area contributed by atoms with Crippen molar-refractivity contribution >= 4 is 0 Å². The fraction of sp³-hybridized carbons (Fsp3) is 1.00. The summed E-state index contributed by atoms with van der Waals surface area (Å²) in [7, 11) is 0. The van der Waals surface area contributed by atoms with Gasteiger partial charge in [-0.05, 0) is 5.41 Å². The molecule has 108 valence electrons. The van der Waals surface area contributed by atoms with Crippen molar-refractivity contribution in [3.63, 3.8) is 0 Å². The number of nitrogens with zero attached hydrogens (tertiary/aromatic N) is 1. The molecule has 1 saturated heterocycles. The molecule has 0 aromatic rings. The molecule has 0 atom stereocenters. The van der Waals surface area contributed by atoms with E-state index in [-0.39, 0.29) is 17.4 Å². The first kappa shape index (κ1) is 15.9. The van der Waals surface area contributed by atoms with Crippen molar-refractivity contribution in [1.29, 1.82) is 0 Å². The summed E-state index contributed by atoms with van der Waals surface area (Å²) in [6.45, 7) is 16.6. The van der Waals surface area contributed by atoms with Crippen LogP contribution in [0.1, 0.15) is 27.7 Å². The van der Waals surface area contributed by atoms with E-state index in [1.54, 1.807) is 0 Å². The normalized spacial score (nSPS) is 19.2. The Hall–Kier alpha value is -0.160. The zero-order valence-electron chi connectivity index (χ0n) is 12.6. The summed E-state index contributed by atoms with van der Waals surface area (Å²) in [5, 5.41) is 16.1. The van der Waals surface area contributed by atoms with Crippen molar-refractivity contribution < 1.29 is 5.11 Å². The zero-order chi connectivity index (χ0) is 13.6. The van der Waals surface area contributed by atoms with Crippen LogP contribution in [0.5, 0.6) is 0 Å². The molecule has 3 N–H and O–H groups in total. The van der Waals surface area contributed by atoms with Gasteiger partial charge in [0.1, 0.15) is 0 Å². The smallest absolute Gasteiger partial charge is 0.0494 e. The first-order valence-corrected chi connectivity index (χ1v) is 7.09. The molecule has 18 heavy (non-hydrogen) atoms. The molecule has 0 aromatic heterocycles. The standard InChI is InChI=1S/C14H31N3O/c1-13(2,9-16-10-14(3,4)12-18)11-17-7-5-15-6-8-17/h15-16,18H,5-12H2,1-4H3. The van der Waals surface area contributed by atoms with Crippen LogP contribution < -0.4 is 10.6 Å². The highest BCUT2D eigenvalue weighted by Crippen LogP contribution is 2.17. The first-order chi connectivity index (χ1) is 8.35. The average molecular weight is 257 g/mol. The fourth-order valence-corrected chi connectivity index (χ4v) is 2.33. The van der Waals surface area contributed by atoms with Gasteiger partial charge in [0, 0.05) is 57.8 Å². The van der Waals surface area contributed by atoms with Gasteiger partial charge in [0.05, 0.1) is 0 Å². The fourth-order valence-electron chi connectivity index (χ4n) is 2.33. The van der Waals surface area contributed by atoms with E-state index >= 15 is 0 Å². The lowest BCUT2D eigenvalue weighted by Crippen LogP contribution is -2.49. The highest BCUT2D eigenvalue weighted by Gasteiger charge is 2.24. The van der Waals surface area contributed by atoms with E-state index in [1.807, 2.05) is 0 Å². The van der Waals surface area contributed by atoms with Gasteiger partial charge in [0.2, 0.25) is 0 Å². The summed E-state index contributed by atoms with van der Waals surface area (Å²) < 4.78 is 0. The second-order valence-corrected chi connectivity index (χ2v) is 7.12. The summed E-state index contributed by atoms with van der Waals surface area (Å²) in [6, 6.07) is 0. The third-order valence-electron chi connectivity index (χ3n) is 3.50. The van der Waals surface area contributed by atoms with Crippen LogP contribution in [0.25, 0.3) is 0 Å². The molecule has 4 nitrogen and oxygen atoms in total. The maximum absolute atomic E-state index is 9.23. The minimum absolute atomic E-state index is 0.0227. The number of hydrogen-bond acceptors (Lipinski definition) is 4. The Kier molecular flexibility index (Phi) is 6.05. The van der Waals surface area contributed by atoms with Gasteiger partial charge in [-0.25, -0.2) is 0 Å². The van der Waals surface area contributed by atoms with Crippen molar-refractivity contribution in [2.45, 2.75) is 27.7 Å². The maximum Gasteiger partial charge on any atom is 0.0494 e. The molecule has 0 aliphatic carbocycles. The van der Waals surface area contributed by atoms with Crippen LogP contribution in [-0.2, 0) is 0 Å². The quantitative estimate of drug-likeness (QED) is 0.622. The summed E-state index contributed by atoms with van der Waals surface area (Å²) in [5.41, 5.74) is 0.258. The SMILES string of the molecule is CC(C)(CO)CNCC(C)(C)CN1CCNCC1. The minimum Gasteiger partial charge on any atom is -0.396 e. The molecule has 0 radical (unpaired) electrons. The molecule has 1 aliphatic heterocycles. The molecule has 1 fully saturated rings. The molecule has 1 rings (SSSR count). The molecule has 0 amide bonds. The zero-order valence-corrected chi connectivity index (χ0v) is 12.6. The van der Waals surface area contributed by atoms with E-state index in [0.29, 0.717) is 0 Å².